The predicted octanol–water partition coefficient (Wildman–Crippen LogP) is 7.62. The number of halogens is 1. The summed E-state index contributed by atoms with van der Waals surface area (Å²) < 4.78 is 13.6. The lowest BCUT2D eigenvalue weighted by molar-refractivity contribution is 0.194. The van der Waals surface area contributed by atoms with Crippen LogP contribution in [0.3, 0.4) is 0 Å². The molecule has 1 atom stereocenters. The number of rotatable bonds is 5. The summed E-state index contributed by atoms with van der Waals surface area (Å²) >= 11 is 8.16. The number of carbonyl (C=O) groups is 1. The van der Waals surface area contributed by atoms with Crippen molar-refractivity contribution in [2.24, 2.45) is 0 Å². The Bertz CT molecular complexity index is 1490. The molecule has 3 heterocycles. The number of nitrogens with one attached hydrogen (secondary N) is 1. The molecule has 0 radical (unpaired) electrons. The fourth-order valence-corrected chi connectivity index (χ4v) is 7.22. The molecule has 1 aliphatic carbocycles. The molecule has 0 fully saturated rings. The first-order chi connectivity index (χ1) is 18.6. The smallest absolute Gasteiger partial charge is 0.323 e. The van der Waals surface area contributed by atoms with Gasteiger partial charge in [-0.2, -0.15) is 0 Å². The van der Waals surface area contributed by atoms with Crippen molar-refractivity contribution >= 4 is 34.7 Å². The average Bonchev–Trinajstić information content (AvgIpc) is 3.51. The molecule has 0 spiro atoms. The minimum absolute atomic E-state index is 0.214. The summed E-state index contributed by atoms with van der Waals surface area (Å²) in [6.45, 7) is 3.05. The Morgan fingerprint density at radius 1 is 1.11 bits per heavy atom. The van der Waals surface area contributed by atoms with Crippen LogP contribution in [0, 0.1) is 0 Å². The minimum atomic E-state index is -0.325. The van der Waals surface area contributed by atoms with Crippen LogP contribution >= 0.6 is 22.9 Å². The second kappa shape index (κ2) is 10.4. The highest BCUT2D eigenvalue weighted by molar-refractivity contribution is 7.15. The summed E-state index contributed by atoms with van der Waals surface area (Å²) in [5, 5.41) is 4.86. The van der Waals surface area contributed by atoms with Crippen LogP contribution in [-0.4, -0.2) is 29.2 Å². The van der Waals surface area contributed by atoms with Gasteiger partial charge < -0.3 is 24.3 Å². The Balaban J connectivity index is 1.49. The number of fused-ring (bicyclic) bond motifs is 5. The lowest BCUT2D eigenvalue weighted by atomic mass is 9.95. The summed E-state index contributed by atoms with van der Waals surface area (Å²) in [5.41, 5.74) is 5.24. The highest BCUT2D eigenvalue weighted by Crippen LogP contribution is 2.44. The van der Waals surface area contributed by atoms with Gasteiger partial charge >= 0.3 is 6.03 Å². The van der Waals surface area contributed by atoms with Crippen LogP contribution in [0.1, 0.15) is 53.1 Å². The first-order valence-electron chi connectivity index (χ1n) is 13.0. The van der Waals surface area contributed by atoms with Crippen molar-refractivity contribution in [3.05, 3.63) is 93.1 Å². The molecule has 1 N–H and O–H groups in total. The SMILES string of the molecule is CCOc1cccc([C@H]2c3cccn3-c3sc4c(c3CN2C(=O)Nc2cc(Cl)ccc2OC)CCCC4)c1. The van der Waals surface area contributed by atoms with E-state index in [2.05, 4.69) is 34.3 Å². The van der Waals surface area contributed by atoms with E-state index >= 15 is 0 Å². The van der Waals surface area contributed by atoms with Crippen LogP contribution in [0.5, 0.6) is 11.5 Å². The van der Waals surface area contributed by atoms with Crippen molar-refractivity contribution < 1.29 is 14.3 Å². The van der Waals surface area contributed by atoms with Crippen molar-refractivity contribution in [1.82, 2.24) is 9.47 Å². The number of aromatic nitrogens is 1. The Hall–Kier alpha value is -3.42. The molecule has 8 heteroatoms. The molecule has 2 aromatic carbocycles. The van der Waals surface area contributed by atoms with Gasteiger partial charge in [-0.05, 0) is 86.2 Å². The largest absolute Gasteiger partial charge is 0.495 e. The number of hydrogen-bond acceptors (Lipinski definition) is 4. The Morgan fingerprint density at radius 3 is 2.82 bits per heavy atom. The molecular weight excluding hydrogens is 518 g/mol. The lowest BCUT2D eigenvalue weighted by Crippen LogP contribution is -2.38. The van der Waals surface area contributed by atoms with E-state index in [1.807, 2.05) is 41.4 Å². The number of aryl methyl sites for hydroxylation is 1. The molecule has 1 aliphatic heterocycles. The van der Waals surface area contributed by atoms with E-state index in [9.17, 15) is 4.79 Å². The summed E-state index contributed by atoms with van der Waals surface area (Å²) in [4.78, 5) is 17.6. The number of thiophene rings is 1. The van der Waals surface area contributed by atoms with E-state index in [0.717, 1.165) is 29.8 Å². The van der Waals surface area contributed by atoms with Crippen LogP contribution in [0.15, 0.2) is 60.8 Å². The lowest BCUT2D eigenvalue weighted by Gasteiger charge is -2.32. The van der Waals surface area contributed by atoms with Gasteiger partial charge in [0.1, 0.15) is 16.5 Å². The van der Waals surface area contributed by atoms with E-state index in [1.54, 1.807) is 25.3 Å². The molecule has 38 heavy (non-hydrogen) atoms. The Morgan fingerprint density at radius 2 is 1.97 bits per heavy atom. The number of benzene rings is 2. The molecule has 0 bridgehead atoms. The van der Waals surface area contributed by atoms with Gasteiger partial charge in [-0.1, -0.05) is 23.7 Å². The zero-order valence-corrected chi connectivity index (χ0v) is 23.1. The molecule has 2 aromatic heterocycles. The van der Waals surface area contributed by atoms with Gasteiger partial charge in [0.05, 0.1) is 37.7 Å². The molecule has 6 rings (SSSR count). The van der Waals surface area contributed by atoms with Gasteiger partial charge in [-0.25, -0.2) is 4.79 Å². The number of hydrogen-bond donors (Lipinski definition) is 1. The molecule has 2 aliphatic rings. The van der Waals surface area contributed by atoms with E-state index in [-0.39, 0.29) is 12.1 Å². The van der Waals surface area contributed by atoms with Crippen LogP contribution in [0.2, 0.25) is 5.02 Å². The Labute approximate surface area is 231 Å². The standard InChI is InChI=1S/C30H30ClN3O3S/c1-3-37-21-9-6-8-19(16-21)28-25-11-7-15-33(25)29-23(22-10-4-5-12-27(22)38-29)18-34(28)30(35)32-24-17-20(31)13-14-26(24)36-2/h6-9,11,13-17,28H,3-5,10,12,18H2,1-2H3,(H,32,35)/t28-/m0/s1. The summed E-state index contributed by atoms with van der Waals surface area (Å²) in [6.07, 6.45) is 6.68. The van der Waals surface area contributed by atoms with Gasteiger partial charge in [-0.3, -0.25) is 0 Å². The van der Waals surface area contributed by atoms with E-state index in [1.165, 1.54) is 33.8 Å². The van der Waals surface area contributed by atoms with Gasteiger partial charge in [0.15, 0.2) is 0 Å². The number of urea groups is 1. The normalized spacial score (nSPS) is 16.2. The monoisotopic (exact) mass is 547 g/mol. The third-order valence-corrected chi connectivity index (χ3v) is 8.90. The zero-order chi connectivity index (χ0) is 26.2. The van der Waals surface area contributed by atoms with E-state index in [0.29, 0.717) is 29.6 Å². The fourth-order valence-electron chi connectivity index (χ4n) is 5.64. The fraction of sp³-hybridized carbons (Fsp3) is 0.300. The zero-order valence-electron chi connectivity index (χ0n) is 21.5. The molecule has 196 valence electrons. The van der Waals surface area contributed by atoms with Crippen LogP contribution in [0.4, 0.5) is 10.5 Å². The predicted molar refractivity (Wildman–Crippen MR) is 152 cm³/mol. The van der Waals surface area contributed by atoms with Crippen molar-refractivity contribution in [2.75, 3.05) is 19.0 Å². The van der Waals surface area contributed by atoms with Crippen LogP contribution < -0.4 is 14.8 Å². The minimum Gasteiger partial charge on any atom is -0.495 e. The molecule has 0 unspecified atom stereocenters. The summed E-state index contributed by atoms with van der Waals surface area (Å²) in [5.74, 6) is 1.35. The highest BCUT2D eigenvalue weighted by atomic mass is 35.5. The summed E-state index contributed by atoms with van der Waals surface area (Å²) in [7, 11) is 1.59. The first-order valence-corrected chi connectivity index (χ1v) is 14.2. The Kier molecular flexibility index (Phi) is 6.80. The average molecular weight is 548 g/mol. The second-order valence-corrected chi connectivity index (χ2v) is 11.1. The maximum Gasteiger partial charge on any atom is 0.323 e. The van der Waals surface area contributed by atoms with Crippen molar-refractivity contribution in [2.45, 2.75) is 45.2 Å². The second-order valence-electron chi connectivity index (χ2n) is 9.61. The maximum atomic E-state index is 14.2. The third-order valence-electron chi connectivity index (χ3n) is 7.33. The number of nitrogens with zero attached hydrogens (tertiary/aromatic N) is 2. The molecule has 2 amide bonds. The quantitative estimate of drug-likeness (QED) is 0.279. The van der Waals surface area contributed by atoms with Gasteiger partial charge in [0, 0.05) is 21.7 Å². The maximum absolute atomic E-state index is 14.2. The van der Waals surface area contributed by atoms with Crippen LogP contribution in [0.25, 0.3) is 5.00 Å². The first kappa shape index (κ1) is 24.9. The van der Waals surface area contributed by atoms with Gasteiger partial charge in [0.2, 0.25) is 0 Å². The highest BCUT2D eigenvalue weighted by Gasteiger charge is 2.36. The van der Waals surface area contributed by atoms with Gasteiger partial charge in [-0.15, -0.1) is 11.3 Å². The van der Waals surface area contributed by atoms with E-state index in [4.69, 9.17) is 21.1 Å². The number of methoxy groups -OCH3 is 1. The number of ether oxygens (including phenoxy) is 2. The van der Waals surface area contributed by atoms with E-state index < -0.39 is 0 Å². The molecule has 0 saturated carbocycles. The van der Waals surface area contributed by atoms with Crippen LogP contribution in [-0.2, 0) is 19.4 Å². The van der Waals surface area contributed by atoms with Crippen molar-refractivity contribution in [3.8, 4) is 16.5 Å². The third kappa shape index (κ3) is 4.44. The number of amides is 2. The number of carbonyl (C=O) groups excluding carboxylic acids is 1. The molecule has 0 saturated heterocycles. The van der Waals surface area contributed by atoms with Gasteiger partial charge in [0.25, 0.3) is 0 Å². The van der Waals surface area contributed by atoms with Crippen molar-refractivity contribution in [1.29, 1.82) is 0 Å². The topological polar surface area (TPSA) is 55.7 Å². The number of anilines is 1. The molecular formula is C30H30ClN3O3S. The molecule has 6 nitrogen and oxygen atoms in total. The molecule has 4 aromatic rings. The summed E-state index contributed by atoms with van der Waals surface area (Å²) in [6, 6.07) is 16.9. The van der Waals surface area contributed by atoms with Crippen molar-refractivity contribution in [3.63, 3.8) is 0 Å².